The summed E-state index contributed by atoms with van der Waals surface area (Å²) < 4.78 is 4.45. The second-order valence-corrected chi connectivity index (χ2v) is 16.0. The molecule has 11 N–H and O–H groups in total. The van der Waals surface area contributed by atoms with Gasteiger partial charge in [-0.05, 0) is 68.8 Å². The number of primary amides is 4. The summed E-state index contributed by atoms with van der Waals surface area (Å²) in [6.07, 6.45) is 13.4. The highest BCUT2D eigenvalue weighted by molar-refractivity contribution is 5.95. The van der Waals surface area contributed by atoms with Crippen LogP contribution in [0.25, 0.3) is 0 Å². The summed E-state index contributed by atoms with van der Waals surface area (Å²) >= 11 is 0. The van der Waals surface area contributed by atoms with Crippen molar-refractivity contribution in [2.45, 2.75) is 176 Å². The Hall–Kier alpha value is -4.84. The monoisotopic (exact) mass is 879 g/mol. The molecule has 0 aliphatic carbocycles. The van der Waals surface area contributed by atoms with Crippen molar-refractivity contribution >= 4 is 47.3 Å². The molecule has 0 bridgehead atoms. The van der Waals surface area contributed by atoms with Crippen LogP contribution in [0.2, 0.25) is 0 Å². The number of rotatable bonds is 19. The lowest BCUT2D eigenvalue weighted by atomic mass is 10.0. The zero-order valence-electron chi connectivity index (χ0n) is 38.6. The minimum absolute atomic E-state index is 0.0795. The second kappa shape index (κ2) is 30.2. The molecule has 62 heavy (non-hydrogen) atoms. The molecule has 7 amide bonds. The number of nitrogens with two attached hydrogens (primary N) is 5. The fourth-order valence-corrected chi connectivity index (χ4v) is 7.61. The van der Waals surface area contributed by atoms with E-state index in [0.29, 0.717) is 75.6 Å². The van der Waals surface area contributed by atoms with Crippen molar-refractivity contribution in [1.29, 1.82) is 0 Å². The van der Waals surface area contributed by atoms with Crippen LogP contribution in [0.3, 0.4) is 0 Å². The highest BCUT2D eigenvalue weighted by atomic mass is 16.6. The van der Waals surface area contributed by atoms with Gasteiger partial charge in [0.1, 0.15) is 18.1 Å². The number of cyclic esters (lactones) is 1. The molecule has 2 saturated heterocycles. The Balaban J connectivity index is 0.000000768. The minimum atomic E-state index is -0.979. The van der Waals surface area contributed by atoms with E-state index in [0.717, 1.165) is 56.9 Å². The summed E-state index contributed by atoms with van der Waals surface area (Å²) in [6.45, 7) is 17.7. The highest BCUT2D eigenvalue weighted by Crippen LogP contribution is 2.26. The fourth-order valence-electron chi connectivity index (χ4n) is 7.61. The largest absolute Gasteiger partial charge is 0.429 e. The van der Waals surface area contributed by atoms with Gasteiger partial charge in [0.2, 0.25) is 47.6 Å². The lowest BCUT2D eigenvalue weighted by Gasteiger charge is -2.24. The normalized spacial score (nSPS) is 21.0. The molecule has 2 fully saturated rings. The summed E-state index contributed by atoms with van der Waals surface area (Å²) in [5.41, 5.74) is 27.5. The number of amides is 7. The van der Waals surface area contributed by atoms with E-state index < -0.39 is 48.2 Å². The molecule has 0 saturated carbocycles. The third kappa shape index (κ3) is 19.5. The summed E-state index contributed by atoms with van der Waals surface area (Å²) in [5.74, 6) is -1.14. The average molecular weight is 879 g/mol. The Morgan fingerprint density at radius 2 is 1.05 bits per heavy atom. The number of nitrogens with zero attached hydrogens (tertiary/aromatic N) is 3. The van der Waals surface area contributed by atoms with Gasteiger partial charge in [-0.1, -0.05) is 81.1 Å². The summed E-state index contributed by atoms with van der Waals surface area (Å²) in [6, 6.07) is -1.72. The second-order valence-electron chi connectivity index (χ2n) is 16.0. The topological polar surface area (TPSA) is 306 Å². The number of aliphatic hydroxyl groups is 1. The SMILES string of the molecule is CCCC1=CC(=O)N([C@@H](CC)C(N)=O)C1.CCCC1=CC(=O)OC1O.CCC[C@@H]1CC(=O)N([C@@H](CC)C(N)=O)C1.CCC[C@H]1CC(=O)N([C@@H](CC)C(N)=O)C1.CC[C@H](N)C(N)=O. The molecule has 0 radical (unpaired) electrons. The van der Waals surface area contributed by atoms with Gasteiger partial charge in [0.25, 0.3) is 0 Å². The number of aliphatic hydroxyl groups excluding tert-OH is 1. The van der Waals surface area contributed by atoms with Gasteiger partial charge in [0.15, 0.2) is 0 Å². The molecule has 7 atom stereocenters. The van der Waals surface area contributed by atoms with Crippen molar-refractivity contribution in [2.75, 3.05) is 19.6 Å². The highest BCUT2D eigenvalue weighted by Gasteiger charge is 2.36. The first-order valence-corrected chi connectivity index (χ1v) is 22.3. The summed E-state index contributed by atoms with van der Waals surface area (Å²) in [5, 5.41) is 8.98. The van der Waals surface area contributed by atoms with E-state index in [-0.39, 0.29) is 29.5 Å². The van der Waals surface area contributed by atoms with Crippen molar-refractivity contribution in [1.82, 2.24) is 14.7 Å². The molecule has 0 aromatic heterocycles. The van der Waals surface area contributed by atoms with Crippen LogP contribution in [0, 0.1) is 11.8 Å². The molecule has 354 valence electrons. The Morgan fingerprint density at radius 3 is 1.34 bits per heavy atom. The maximum atomic E-state index is 11.7. The predicted octanol–water partition coefficient (Wildman–Crippen LogP) is 2.41. The van der Waals surface area contributed by atoms with Gasteiger partial charge >= 0.3 is 5.97 Å². The van der Waals surface area contributed by atoms with Crippen LogP contribution in [-0.2, 0) is 43.1 Å². The van der Waals surface area contributed by atoms with Crippen LogP contribution in [0.15, 0.2) is 23.3 Å². The van der Waals surface area contributed by atoms with Crippen molar-refractivity contribution in [3.05, 3.63) is 23.3 Å². The molecule has 1 unspecified atom stereocenters. The van der Waals surface area contributed by atoms with Crippen LogP contribution in [0.4, 0.5) is 0 Å². The smallest absolute Gasteiger partial charge is 0.333 e. The molecule has 0 aromatic rings. The number of carbonyl (C=O) groups excluding carboxylic acids is 8. The number of carbonyl (C=O) groups is 8. The quantitative estimate of drug-likeness (QED) is 0.102. The van der Waals surface area contributed by atoms with E-state index in [1.165, 1.54) is 6.08 Å². The number of ether oxygens (including phenoxy) is 1. The Morgan fingerprint density at radius 1 is 0.629 bits per heavy atom. The first kappa shape index (κ1) is 57.2. The van der Waals surface area contributed by atoms with Gasteiger partial charge in [-0.25, -0.2) is 4.79 Å². The maximum Gasteiger partial charge on any atom is 0.333 e. The lowest BCUT2D eigenvalue weighted by molar-refractivity contribution is -0.151. The van der Waals surface area contributed by atoms with Gasteiger partial charge < -0.3 is 53.2 Å². The fraction of sp³-hybridized carbons (Fsp3) is 0.727. The molecule has 0 aromatic carbocycles. The minimum Gasteiger partial charge on any atom is -0.429 e. The van der Waals surface area contributed by atoms with Crippen LogP contribution >= 0.6 is 0 Å². The molecule has 4 aliphatic rings. The molecule has 0 spiro atoms. The van der Waals surface area contributed by atoms with E-state index in [1.54, 1.807) is 20.8 Å². The summed E-state index contributed by atoms with van der Waals surface area (Å²) in [4.78, 5) is 93.8. The van der Waals surface area contributed by atoms with Gasteiger partial charge in [0.05, 0.1) is 6.04 Å². The van der Waals surface area contributed by atoms with E-state index in [2.05, 4.69) is 25.5 Å². The molecule has 4 rings (SSSR count). The van der Waals surface area contributed by atoms with Gasteiger partial charge in [-0.3, -0.25) is 33.6 Å². The van der Waals surface area contributed by atoms with E-state index >= 15 is 0 Å². The molecule has 18 heteroatoms. The Bertz CT molecular complexity index is 1470. The number of hydrogen-bond donors (Lipinski definition) is 6. The first-order chi connectivity index (χ1) is 29.2. The standard InChI is InChI=1S/2C11H20N2O2.C11H18N2O2.C7H10O3.C4H10N2O/c3*1-3-5-8-6-10(14)13(7-8)9(4-2)11(12)15;1-2-3-5-4-6(8)10-7(5)9;1-2-3(5)4(6)7/h2*8-9H,3-7H2,1-2H3,(H2,12,15);6,9H,3-5,7H2,1-2H3,(H2,12,15);4,7,9H,2-3H2,1H3;3H,2,5H2,1H3,(H2,6,7)/t8-,9+;8-,9-;9-;;3-/m100.0/s1. The van der Waals surface area contributed by atoms with Crippen LogP contribution in [0.1, 0.15) is 145 Å². The summed E-state index contributed by atoms with van der Waals surface area (Å²) in [7, 11) is 0. The molecule has 18 nitrogen and oxygen atoms in total. The Kier molecular flexibility index (Phi) is 27.9. The van der Waals surface area contributed by atoms with Crippen LogP contribution < -0.4 is 28.7 Å². The zero-order valence-corrected chi connectivity index (χ0v) is 38.6. The number of likely N-dealkylation sites (tertiary alicyclic amines) is 2. The third-order valence-electron chi connectivity index (χ3n) is 10.9. The van der Waals surface area contributed by atoms with Crippen molar-refractivity contribution in [3.63, 3.8) is 0 Å². The van der Waals surface area contributed by atoms with Crippen LogP contribution in [0.5, 0.6) is 0 Å². The number of hydrogen-bond acceptors (Lipinski definition) is 11. The van der Waals surface area contributed by atoms with E-state index in [9.17, 15) is 38.4 Å². The molecular formula is C44H78N8O10. The zero-order chi connectivity index (χ0) is 47.7. The van der Waals surface area contributed by atoms with E-state index in [4.69, 9.17) is 33.8 Å². The number of esters is 1. The Labute approximate surface area is 368 Å². The molecule has 4 aliphatic heterocycles. The predicted molar refractivity (Wildman–Crippen MR) is 237 cm³/mol. The molecular weight excluding hydrogens is 801 g/mol. The first-order valence-electron chi connectivity index (χ1n) is 22.3. The van der Waals surface area contributed by atoms with Crippen LogP contribution in [-0.4, -0.2) is 117 Å². The average Bonchev–Trinajstić information content (AvgIpc) is 3.95. The van der Waals surface area contributed by atoms with Gasteiger partial charge in [-0.15, -0.1) is 0 Å². The third-order valence-corrected chi connectivity index (χ3v) is 10.9. The lowest BCUT2D eigenvalue weighted by Crippen LogP contribution is -2.45. The van der Waals surface area contributed by atoms with Gasteiger partial charge in [-0.2, -0.15) is 0 Å². The molecule has 4 heterocycles. The van der Waals surface area contributed by atoms with Crippen molar-refractivity contribution < 1.29 is 48.2 Å². The van der Waals surface area contributed by atoms with E-state index in [1.807, 2.05) is 34.6 Å². The van der Waals surface area contributed by atoms with Crippen molar-refractivity contribution in [3.8, 4) is 0 Å². The van der Waals surface area contributed by atoms with Crippen molar-refractivity contribution in [2.24, 2.45) is 40.5 Å². The maximum absolute atomic E-state index is 11.7. The van der Waals surface area contributed by atoms with Gasteiger partial charge in [0, 0.05) is 50.2 Å².